The highest BCUT2D eigenvalue weighted by molar-refractivity contribution is 7.89. The fraction of sp³-hybridized carbons (Fsp3) is 0.350. The predicted octanol–water partition coefficient (Wildman–Crippen LogP) is 4.67. The van der Waals surface area contributed by atoms with Gasteiger partial charge < -0.3 is 4.74 Å². The Hall–Kier alpha value is -2.10. The van der Waals surface area contributed by atoms with Crippen LogP contribution in [0.4, 0.5) is 13.2 Å². The van der Waals surface area contributed by atoms with Crippen LogP contribution in [0.5, 0.6) is 5.75 Å². The number of sulfonamides is 1. The van der Waals surface area contributed by atoms with Crippen molar-refractivity contribution in [2.45, 2.75) is 30.8 Å². The fourth-order valence-corrected chi connectivity index (χ4v) is 4.87. The highest BCUT2D eigenvalue weighted by Crippen LogP contribution is 2.32. The lowest BCUT2D eigenvalue weighted by atomic mass is 9.98. The summed E-state index contributed by atoms with van der Waals surface area (Å²) in [7, 11) is -4.11. The second kappa shape index (κ2) is 8.56. The molecule has 0 amide bonds. The van der Waals surface area contributed by atoms with Gasteiger partial charge in [-0.15, -0.1) is 0 Å². The van der Waals surface area contributed by atoms with Crippen LogP contribution in [-0.2, 0) is 21.0 Å². The number of halogens is 4. The highest BCUT2D eigenvalue weighted by atomic mass is 35.5. The van der Waals surface area contributed by atoms with E-state index in [2.05, 4.69) is 0 Å². The first kappa shape index (κ1) is 22.6. The zero-order chi connectivity index (χ0) is 22.1. The monoisotopic (exact) mass is 461 g/mol. The third kappa shape index (κ3) is 4.96. The summed E-state index contributed by atoms with van der Waals surface area (Å²) >= 11 is 6.03. The van der Waals surface area contributed by atoms with Crippen LogP contribution in [0.2, 0.25) is 5.02 Å². The minimum atomic E-state index is -4.64. The first-order valence-corrected chi connectivity index (χ1v) is 11.0. The van der Waals surface area contributed by atoms with Crippen molar-refractivity contribution in [1.82, 2.24) is 4.31 Å². The zero-order valence-corrected chi connectivity index (χ0v) is 17.5. The number of aryl methyl sites for hydroxylation is 1. The van der Waals surface area contributed by atoms with Gasteiger partial charge in [0, 0.05) is 13.1 Å². The summed E-state index contributed by atoms with van der Waals surface area (Å²) in [5.41, 5.74) is -0.165. The second-order valence-corrected chi connectivity index (χ2v) is 9.40. The van der Waals surface area contributed by atoms with Gasteiger partial charge in [0.05, 0.1) is 21.4 Å². The van der Waals surface area contributed by atoms with Crippen LogP contribution < -0.4 is 4.74 Å². The van der Waals surface area contributed by atoms with Crippen molar-refractivity contribution in [1.29, 1.82) is 0 Å². The number of carbonyl (C=O) groups is 1. The van der Waals surface area contributed by atoms with E-state index in [-0.39, 0.29) is 31.7 Å². The van der Waals surface area contributed by atoms with Gasteiger partial charge in [0.2, 0.25) is 10.0 Å². The Kier molecular flexibility index (Phi) is 6.45. The van der Waals surface area contributed by atoms with Crippen LogP contribution in [0, 0.1) is 12.8 Å². The molecule has 0 atom stereocenters. The number of piperidine rings is 1. The van der Waals surface area contributed by atoms with E-state index in [0.717, 1.165) is 28.1 Å². The molecule has 0 aliphatic carbocycles. The van der Waals surface area contributed by atoms with Gasteiger partial charge in [0.15, 0.2) is 0 Å². The molecular weight excluding hydrogens is 443 g/mol. The summed E-state index contributed by atoms with van der Waals surface area (Å²) in [5.74, 6) is -0.811. The molecule has 0 saturated carbocycles. The SMILES string of the molecule is Cc1ccc(Cl)c(OC(=O)C2CCN(S(=O)(=O)c3cccc(C(F)(F)F)c3)CC2)c1. The largest absolute Gasteiger partial charge is 0.425 e. The Morgan fingerprint density at radius 2 is 1.80 bits per heavy atom. The van der Waals surface area contributed by atoms with Crippen LogP contribution in [0.3, 0.4) is 0 Å². The molecule has 10 heteroatoms. The van der Waals surface area contributed by atoms with Crippen LogP contribution in [0.25, 0.3) is 0 Å². The van der Waals surface area contributed by atoms with Gasteiger partial charge in [0.25, 0.3) is 0 Å². The topological polar surface area (TPSA) is 63.7 Å². The maximum absolute atomic E-state index is 12.9. The Labute approximate surface area is 177 Å². The lowest BCUT2D eigenvalue weighted by Gasteiger charge is -2.30. The molecular formula is C20H19ClF3NO4S. The first-order chi connectivity index (χ1) is 14.0. The number of hydrogen-bond acceptors (Lipinski definition) is 4. The quantitative estimate of drug-likeness (QED) is 0.490. The Morgan fingerprint density at radius 1 is 1.13 bits per heavy atom. The van der Waals surface area contributed by atoms with Gasteiger partial charge in [-0.1, -0.05) is 23.7 Å². The molecule has 0 aromatic heterocycles. The number of alkyl halides is 3. The lowest BCUT2D eigenvalue weighted by molar-refractivity contribution is -0.140. The maximum Gasteiger partial charge on any atom is 0.416 e. The van der Waals surface area contributed by atoms with Crippen molar-refractivity contribution < 1.29 is 31.1 Å². The molecule has 2 aromatic carbocycles. The number of ether oxygens (including phenoxy) is 1. The molecule has 162 valence electrons. The molecule has 1 heterocycles. The van der Waals surface area contributed by atoms with E-state index >= 15 is 0 Å². The minimum absolute atomic E-state index is 0.000104. The van der Waals surface area contributed by atoms with Crippen LogP contribution in [-0.4, -0.2) is 31.8 Å². The first-order valence-electron chi connectivity index (χ1n) is 9.14. The van der Waals surface area contributed by atoms with Crippen LogP contribution in [0.1, 0.15) is 24.0 Å². The number of rotatable bonds is 4. The molecule has 0 radical (unpaired) electrons. The van der Waals surface area contributed by atoms with Crippen LogP contribution in [0.15, 0.2) is 47.4 Å². The summed E-state index contributed by atoms with van der Waals surface area (Å²) in [5, 5.41) is 0.290. The Balaban J connectivity index is 1.67. The van der Waals surface area contributed by atoms with Crippen molar-refractivity contribution in [2.24, 2.45) is 5.92 Å². The summed E-state index contributed by atoms with van der Waals surface area (Å²) in [6, 6.07) is 8.65. The smallest absolute Gasteiger partial charge is 0.416 e. The maximum atomic E-state index is 12.9. The highest BCUT2D eigenvalue weighted by Gasteiger charge is 2.35. The third-order valence-corrected chi connectivity index (χ3v) is 7.09. The predicted molar refractivity (Wildman–Crippen MR) is 105 cm³/mol. The van der Waals surface area contributed by atoms with Crippen LogP contribution >= 0.6 is 11.6 Å². The van der Waals surface area contributed by atoms with Crippen molar-refractivity contribution in [3.05, 3.63) is 58.6 Å². The van der Waals surface area contributed by atoms with E-state index in [0.29, 0.717) is 11.1 Å². The molecule has 0 unspecified atom stereocenters. The molecule has 0 bridgehead atoms. The fourth-order valence-electron chi connectivity index (χ4n) is 3.19. The minimum Gasteiger partial charge on any atom is -0.425 e. The third-order valence-electron chi connectivity index (χ3n) is 4.88. The number of benzene rings is 2. The van der Waals surface area contributed by atoms with Crippen molar-refractivity contribution in [3.63, 3.8) is 0 Å². The van der Waals surface area contributed by atoms with Crippen molar-refractivity contribution in [3.8, 4) is 5.75 Å². The molecule has 1 saturated heterocycles. The molecule has 1 fully saturated rings. The molecule has 0 N–H and O–H groups in total. The number of carbonyl (C=O) groups excluding carboxylic acids is 1. The number of hydrogen-bond donors (Lipinski definition) is 0. The molecule has 5 nitrogen and oxygen atoms in total. The summed E-state index contributed by atoms with van der Waals surface area (Å²) in [4.78, 5) is 12.0. The van der Waals surface area contributed by atoms with E-state index in [1.54, 1.807) is 18.2 Å². The van der Waals surface area contributed by atoms with E-state index < -0.39 is 38.5 Å². The second-order valence-electron chi connectivity index (χ2n) is 7.06. The molecule has 0 spiro atoms. The summed E-state index contributed by atoms with van der Waals surface area (Å²) in [6.07, 6.45) is -4.25. The average molecular weight is 462 g/mol. The normalized spacial score (nSPS) is 16.4. The molecule has 1 aliphatic rings. The van der Waals surface area contributed by atoms with Gasteiger partial charge in [0.1, 0.15) is 5.75 Å². The standard InChI is InChI=1S/C20H19ClF3NO4S/c1-13-5-6-17(21)18(11-13)29-19(26)14-7-9-25(10-8-14)30(27,28)16-4-2-3-15(12-16)20(22,23)24/h2-6,11-12,14H,7-10H2,1H3. The average Bonchev–Trinajstić information content (AvgIpc) is 2.70. The summed E-state index contributed by atoms with van der Waals surface area (Å²) in [6.45, 7) is 1.82. The van der Waals surface area contributed by atoms with Gasteiger partial charge in [-0.05, 0) is 55.7 Å². The van der Waals surface area contributed by atoms with Crippen molar-refractivity contribution in [2.75, 3.05) is 13.1 Å². The zero-order valence-electron chi connectivity index (χ0n) is 15.9. The lowest BCUT2D eigenvalue weighted by Crippen LogP contribution is -2.41. The van der Waals surface area contributed by atoms with Gasteiger partial charge >= 0.3 is 12.1 Å². The Morgan fingerprint density at radius 3 is 2.43 bits per heavy atom. The van der Waals surface area contributed by atoms with Gasteiger partial charge in [-0.2, -0.15) is 17.5 Å². The van der Waals surface area contributed by atoms with E-state index in [4.69, 9.17) is 16.3 Å². The molecule has 1 aliphatic heterocycles. The van der Waals surface area contributed by atoms with Crippen molar-refractivity contribution >= 4 is 27.6 Å². The molecule has 30 heavy (non-hydrogen) atoms. The van der Waals surface area contributed by atoms with E-state index in [9.17, 15) is 26.4 Å². The molecule has 2 aromatic rings. The van der Waals surface area contributed by atoms with E-state index in [1.807, 2.05) is 6.92 Å². The number of nitrogens with zero attached hydrogens (tertiary/aromatic N) is 1. The van der Waals surface area contributed by atoms with Gasteiger partial charge in [-0.3, -0.25) is 4.79 Å². The van der Waals surface area contributed by atoms with Gasteiger partial charge in [-0.25, -0.2) is 8.42 Å². The summed E-state index contributed by atoms with van der Waals surface area (Å²) < 4.78 is 70.6. The number of esters is 1. The molecule has 3 rings (SSSR count). The van der Waals surface area contributed by atoms with E-state index in [1.165, 1.54) is 0 Å². The Bertz CT molecular complexity index is 1050.